The summed E-state index contributed by atoms with van der Waals surface area (Å²) in [6.45, 7) is 0.612. The van der Waals surface area contributed by atoms with E-state index in [1.165, 1.54) is 0 Å². The van der Waals surface area contributed by atoms with Gasteiger partial charge in [0.25, 0.3) is 0 Å². The molecule has 106 valence electrons. The van der Waals surface area contributed by atoms with Gasteiger partial charge in [-0.25, -0.2) is 0 Å². The van der Waals surface area contributed by atoms with E-state index in [0.717, 1.165) is 5.56 Å². The molecule has 0 fully saturated rings. The Kier molecular flexibility index (Phi) is 5.19. The van der Waals surface area contributed by atoms with Crippen molar-refractivity contribution in [3.63, 3.8) is 0 Å². The molecule has 0 aromatic heterocycles. The Morgan fingerprint density at radius 2 is 1.95 bits per heavy atom. The van der Waals surface area contributed by atoms with E-state index in [0.29, 0.717) is 22.8 Å². The third-order valence-corrected chi connectivity index (χ3v) is 3.18. The van der Waals surface area contributed by atoms with E-state index < -0.39 is 0 Å². The van der Waals surface area contributed by atoms with Crippen LogP contribution in [0, 0.1) is 11.3 Å². The number of hydrogen-bond donors (Lipinski definition) is 2. The summed E-state index contributed by atoms with van der Waals surface area (Å²) in [7, 11) is 0. The fourth-order valence-corrected chi connectivity index (χ4v) is 2.01. The quantitative estimate of drug-likeness (QED) is 0.892. The number of nitriles is 1. The second-order valence-electron chi connectivity index (χ2n) is 4.42. The summed E-state index contributed by atoms with van der Waals surface area (Å²) in [5.41, 5.74) is 2.16. The highest BCUT2D eigenvalue weighted by atomic mass is 35.5. The topological polar surface area (TPSA) is 64.9 Å². The molecule has 2 rings (SSSR count). The molecule has 0 bridgehead atoms. The van der Waals surface area contributed by atoms with Crippen LogP contribution in [0.3, 0.4) is 0 Å². The number of hydrogen-bond acceptors (Lipinski definition) is 3. The first-order valence-corrected chi connectivity index (χ1v) is 6.81. The van der Waals surface area contributed by atoms with Crippen molar-refractivity contribution >= 4 is 23.2 Å². The van der Waals surface area contributed by atoms with Crippen LogP contribution in [0.15, 0.2) is 48.5 Å². The average Bonchev–Trinajstić information content (AvgIpc) is 2.52. The lowest BCUT2D eigenvalue weighted by Gasteiger charge is -2.09. The van der Waals surface area contributed by atoms with Crippen molar-refractivity contribution in [2.24, 2.45) is 0 Å². The number of nitrogens with zero attached hydrogens (tertiary/aromatic N) is 1. The van der Waals surface area contributed by atoms with Gasteiger partial charge in [-0.15, -0.1) is 0 Å². The summed E-state index contributed by atoms with van der Waals surface area (Å²) in [6.07, 6.45) is 0. The summed E-state index contributed by atoms with van der Waals surface area (Å²) in [6, 6.07) is 16.6. The van der Waals surface area contributed by atoms with E-state index >= 15 is 0 Å². The van der Waals surface area contributed by atoms with E-state index in [9.17, 15) is 4.79 Å². The van der Waals surface area contributed by atoms with E-state index in [4.69, 9.17) is 16.9 Å². The molecule has 1 amide bonds. The molecule has 0 unspecified atom stereocenters. The molecule has 0 atom stereocenters. The fourth-order valence-electron chi connectivity index (χ4n) is 1.76. The Morgan fingerprint density at radius 1 is 1.19 bits per heavy atom. The standard InChI is InChI=1S/C16H14ClN3O/c17-14-8-13(9-18)6-7-15(14)19-11-16(21)20-10-12-4-2-1-3-5-12/h1-8,19H,10-11H2,(H,20,21). The molecular formula is C16H14ClN3O. The molecule has 2 N–H and O–H groups in total. The van der Waals surface area contributed by atoms with Crippen LogP contribution < -0.4 is 10.6 Å². The minimum absolute atomic E-state index is 0.123. The minimum atomic E-state index is -0.126. The fraction of sp³-hybridized carbons (Fsp3) is 0.125. The Morgan fingerprint density at radius 3 is 2.62 bits per heavy atom. The highest BCUT2D eigenvalue weighted by molar-refractivity contribution is 6.33. The first-order valence-electron chi connectivity index (χ1n) is 6.43. The number of nitrogens with one attached hydrogen (secondary N) is 2. The lowest BCUT2D eigenvalue weighted by atomic mass is 10.2. The maximum absolute atomic E-state index is 11.8. The zero-order valence-corrected chi connectivity index (χ0v) is 12.0. The van der Waals surface area contributed by atoms with Gasteiger partial charge >= 0.3 is 0 Å². The smallest absolute Gasteiger partial charge is 0.239 e. The van der Waals surface area contributed by atoms with Gasteiger partial charge in [-0.1, -0.05) is 41.9 Å². The number of carbonyl (C=O) groups excluding carboxylic acids is 1. The van der Waals surface area contributed by atoms with Crippen LogP contribution in [0.1, 0.15) is 11.1 Å². The zero-order valence-electron chi connectivity index (χ0n) is 11.3. The predicted molar refractivity (Wildman–Crippen MR) is 82.9 cm³/mol. The number of rotatable bonds is 5. The summed E-state index contributed by atoms with van der Waals surface area (Å²) in [5, 5.41) is 14.9. The first kappa shape index (κ1) is 14.9. The molecule has 2 aromatic rings. The van der Waals surface area contributed by atoms with Crippen LogP contribution in [-0.2, 0) is 11.3 Å². The summed E-state index contributed by atoms with van der Waals surface area (Å²) < 4.78 is 0. The Labute approximate surface area is 128 Å². The molecule has 0 spiro atoms. The normalized spacial score (nSPS) is 9.71. The van der Waals surface area contributed by atoms with Crippen molar-refractivity contribution in [1.82, 2.24) is 5.32 Å². The van der Waals surface area contributed by atoms with E-state index in [1.54, 1.807) is 18.2 Å². The highest BCUT2D eigenvalue weighted by Crippen LogP contribution is 2.22. The maximum Gasteiger partial charge on any atom is 0.239 e. The Hall–Kier alpha value is -2.51. The monoisotopic (exact) mass is 299 g/mol. The molecule has 0 aliphatic heterocycles. The van der Waals surface area contributed by atoms with Crippen LogP contribution in [0.4, 0.5) is 5.69 Å². The van der Waals surface area contributed by atoms with Gasteiger partial charge in [-0.2, -0.15) is 5.26 Å². The molecule has 5 heteroatoms. The van der Waals surface area contributed by atoms with Crippen LogP contribution in [-0.4, -0.2) is 12.5 Å². The SMILES string of the molecule is N#Cc1ccc(NCC(=O)NCc2ccccc2)c(Cl)c1. The Bertz CT molecular complexity index is 665. The summed E-state index contributed by atoms with van der Waals surface area (Å²) in [4.78, 5) is 11.8. The first-order chi connectivity index (χ1) is 10.2. The molecule has 0 aliphatic rings. The molecule has 4 nitrogen and oxygen atoms in total. The van der Waals surface area contributed by atoms with Gasteiger partial charge in [-0.3, -0.25) is 4.79 Å². The van der Waals surface area contributed by atoms with Crippen molar-refractivity contribution in [3.05, 3.63) is 64.7 Å². The molecule has 0 heterocycles. The van der Waals surface area contributed by atoms with E-state index in [-0.39, 0.29) is 12.5 Å². The minimum Gasteiger partial charge on any atom is -0.375 e. The molecule has 0 saturated carbocycles. The number of carbonyl (C=O) groups is 1. The lowest BCUT2D eigenvalue weighted by molar-refractivity contribution is -0.119. The third-order valence-electron chi connectivity index (χ3n) is 2.87. The number of anilines is 1. The van der Waals surface area contributed by atoms with Gasteiger partial charge in [0, 0.05) is 6.54 Å². The van der Waals surface area contributed by atoms with Crippen molar-refractivity contribution in [3.8, 4) is 6.07 Å². The van der Waals surface area contributed by atoms with Gasteiger partial charge in [-0.05, 0) is 23.8 Å². The number of halogens is 1. The van der Waals surface area contributed by atoms with Crippen molar-refractivity contribution < 1.29 is 4.79 Å². The maximum atomic E-state index is 11.8. The van der Waals surface area contributed by atoms with Crippen LogP contribution in [0.5, 0.6) is 0 Å². The van der Waals surface area contributed by atoms with Gasteiger partial charge in [0.2, 0.25) is 5.91 Å². The highest BCUT2D eigenvalue weighted by Gasteiger charge is 2.05. The second-order valence-corrected chi connectivity index (χ2v) is 4.83. The largest absolute Gasteiger partial charge is 0.375 e. The Balaban J connectivity index is 1.83. The second kappa shape index (κ2) is 7.32. The van der Waals surface area contributed by atoms with Gasteiger partial charge in [0.1, 0.15) is 0 Å². The van der Waals surface area contributed by atoms with Crippen molar-refractivity contribution in [1.29, 1.82) is 5.26 Å². The van der Waals surface area contributed by atoms with Crippen LogP contribution in [0.25, 0.3) is 0 Å². The van der Waals surface area contributed by atoms with E-state index in [2.05, 4.69) is 10.6 Å². The molecule has 2 aromatic carbocycles. The van der Waals surface area contributed by atoms with Crippen molar-refractivity contribution in [2.45, 2.75) is 6.54 Å². The molecule has 21 heavy (non-hydrogen) atoms. The molecular weight excluding hydrogens is 286 g/mol. The van der Waals surface area contributed by atoms with Gasteiger partial charge < -0.3 is 10.6 Å². The zero-order chi connectivity index (χ0) is 15.1. The lowest BCUT2D eigenvalue weighted by Crippen LogP contribution is -2.29. The van der Waals surface area contributed by atoms with Crippen LogP contribution in [0.2, 0.25) is 5.02 Å². The molecule has 0 radical (unpaired) electrons. The number of amides is 1. The summed E-state index contributed by atoms with van der Waals surface area (Å²) >= 11 is 6.02. The van der Waals surface area contributed by atoms with Crippen molar-refractivity contribution in [2.75, 3.05) is 11.9 Å². The van der Waals surface area contributed by atoms with Gasteiger partial charge in [0.05, 0.1) is 28.9 Å². The van der Waals surface area contributed by atoms with E-state index in [1.807, 2.05) is 36.4 Å². The number of benzene rings is 2. The molecule has 0 aliphatic carbocycles. The third kappa shape index (κ3) is 4.51. The van der Waals surface area contributed by atoms with Gasteiger partial charge in [0.15, 0.2) is 0 Å². The summed E-state index contributed by atoms with van der Waals surface area (Å²) in [5.74, 6) is -0.126. The predicted octanol–water partition coefficient (Wildman–Crippen LogP) is 2.94. The average molecular weight is 300 g/mol. The molecule has 0 saturated heterocycles. The van der Waals surface area contributed by atoms with Crippen LogP contribution >= 0.6 is 11.6 Å².